The lowest BCUT2D eigenvalue weighted by molar-refractivity contribution is 0.444. The minimum Gasteiger partial charge on any atom is -0.507 e. The summed E-state index contributed by atoms with van der Waals surface area (Å²) in [6.07, 6.45) is 1.87. The van der Waals surface area contributed by atoms with Crippen LogP contribution in [0.2, 0.25) is 0 Å². The normalized spacial score (nSPS) is 12.4. The zero-order valence-electron chi connectivity index (χ0n) is 30.8. The van der Waals surface area contributed by atoms with Gasteiger partial charge in [-0.2, -0.15) is 0 Å². The van der Waals surface area contributed by atoms with E-state index in [1.54, 1.807) is 0 Å². The van der Waals surface area contributed by atoms with Crippen molar-refractivity contribution in [1.29, 1.82) is 0 Å². The zero-order chi connectivity index (χ0) is 36.6. The SMILES string of the molecule is CC(C)(C)c1cc(-c2nc3c(-c4cc(-c5cc(-c6ccccc6)ccn5)cc5c4oc4c6ccccc6ccc54)cccc3o2)c(O)c(C(C)(C)C)c1. The highest BCUT2D eigenvalue weighted by Gasteiger charge is 2.28. The van der Waals surface area contributed by atoms with E-state index >= 15 is 0 Å². The Bertz CT molecular complexity index is 2860. The van der Waals surface area contributed by atoms with Crippen LogP contribution in [-0.2, 0) is 10.8 Å². The van der Waals surface area contributed by atoms with Gasteiger partial charge in [0.15, 0.2) is 5.58 Å². The van der Waals surface area contributed by atoms with Gasteiger partial charge >= 0.3 is 0 Å². The number of phenols is 1. The average Bonchev–Trinajstić information content (AvgIpc) is 3.76. The molecule has 0 radical (unpaired) electrons. The van der Waals surface area contributed by atoms with Crippen LogP contribution >= 0.6 is 0 Å². The molecule has 0 spiro atoms. The second-order valence-electron chi connectivity index (χ2n) is 16.1. The highest BCUT2D eigenvalue weighted by molar-refractivity contribution is 6.19. The summed E-state index contributed by atoms with van der Waals surface area (Å²) in [6, 6.07) is 41.6. The van der Waals surface area contributed by atoms with Gasteiger partial charge in [0.25, 0.3) is 0 Å². The van der Waals surface area contributed by atoms with Crippen molar-refractivity contribution in [3.8, 4) is 50.7 Å². The van der Waals surface area contributed by atoms with E-state index in [0.29, 0.717) is 22.6 Å². The van der Waals surface area contributed by atoms with Crippen molar-refractivity contribution in [1.82, 2.24) is 9.97 Å². The first kappa shape index (κ1) is 32.7. The maximum absolute atomic E-state index is 11.7. The van der Waals surface area contributed by atoms with Crippen LogP contribution in [0.25, 0.3) is 88.8 Å². The van der Waals surface area contributed by atoms with Crippen LogP contribution in [-0.4, -0.2) is 15.1 Å². The number of furan rings is 1. The molecule has 3 heterocycles. The Kier molecular flexibility index (Phi) is 7.35. The second kappa shape index (κ2) is 11.9. The summed E-state index contributed by atoms with van der Waals surface area (Å²) < 4.78 is 13.4. The van der Waals surface area contributed by atoms with Crippen molar-refractivity contribution in [2.24, 2.45) is 0 Å². The summed E-state index contributed by atoms with van der Waals surface area (Å²) in [4.78, 5) is 10.0. The molecule has 0 amide bonds. The molecule has 0 aliphatic heterocycles. The molecule has 53 heavy (non-hydrogen) atoms. The molecule has 260 valence electrons. The van der Waals surface area contributed by atoms with Crippen LogP contribution < -0.4 is 0 Å². The van der Waals surface area contributed by atoms with Crippen molar-refractivity contribution in [3.05, 3.63) is 139 Å². The monoisotopic (exact) mass is 692 g/mol. The fourth-order valence-electron chi connectivity index (χ4n) is 7.44. The van der Waals surface area contributed by atoms with Gasteiger partial charge in [-0.25, -0.2) is 4.98 Å². The lowest BCUT2D eigenvalue weighted by Crippen LogP contribution is -2.17. The number of fused-ring (bicyclic) bond motifs is 6. The van der Waals surface area contributed by atoms with Crippen molar-refractivity contribution in [3.63, 3.8) is 0 Å². The zero-order valence-corrected chi connectivity index (χ0v) is 30.8. The third-order valence-electron chi connectivity index (χ3n) is 10.3. The van der Waals surface area contributed by atoms with Crippen LogP contribution in [0.5, 0.6) is 5.75 Å². The Morgan fingerprint density at radius 2 is 1.34 bits per heavy atom. The lowest BCUT2D eigenvalue weighted by Gasteiger charge is -2.27. The molecule has 5 nitrogen and oxygen atoms in total. The number of benzene rings is 6. The van der Waals surface area contributed by atoms with Gasteiger partial charge in [-0.3, -0.25) is 4.98 Å². The number of hydrogen-bond acceptors (Lipinski definition) is 5. The van der Waals surface area contributed by atoms with E-state index in [4.69, 9.17) is 18.8 Å². The highest BCUT2D eigenvalue weighted by Crippen LogP contribution is 2.46. The van der Waals surface area contributed by atoms with Crippen LogP contribution in [0.4, 0.5) is 0 Å². The predicted octanol–water partition coefficient (Wildman–Crippen LogP) is 13.2. The summed E-state index contributed by atoms with van der Waals surface area (Å²) in [6.45, 7) is 12.9. The van der Waals surface area contributed by atoms with E-state index in [2.05, 4.69) is 120 Å². The number of oxazole rings is 1. The van der Waals surface area contributed by atoms with Gasteiger partial charge in [-0.1, -0.05) is 120 Å². The Morgan fingerprint density at radius 1 is 0.547 bits per heavy atom. The van der Waals surface area contributed by atoms with Crippen molar-refractivity contribution in [2.45, 2.75) is 52.4 Å². The van der Waals surface area contributed by atoms with Gasteiger partial charge in [-0.05, 0) is 75.4 Å². The van der Waals surface area contributed by atoms with Gasteiger partial charge in [0.2, 0.25) is 5.89 Å². The highest BCUT2D eigenvalue weighted by atomic mass is 16.4. The molecule has 9 aromatic rings. The number of phenolic OH excluding ortho intramolecular Hbond substituents is 1. The van der Waals surface area contributed by atoms with E-state index in [1.807, 2.05) is 48.7 Å². The number of rotatable bonds is 4. The summed E-state index contributed by atoms with van der Waals surface area (Å²) in [7, 11) is 0. The Morgan fingerprint density at radius 3 is 2.13 bits per heavy atom. The minimum absolute atomic E-state index is 0.150. The fraction of sp³-hybridized carbons (Fsp3) is 0.167. The van der Waals surface area contributed by atoms with E-state index in [9.17, 15) is 5.11 Å². The van der Waals surface area contributed by atoms with Gasteiger partial charge in [0, 0.05) is 44.6 Å². The average molecular weight is 693 g/mol. The molecule has 0 saturated carbocycles. The molecule has 0 aliphatic rings. The number of pyridine rings is 1. The largest absolute Gasteiger partial charge is 0.507 e. The van der Waals surface area contributed by atoms with Crippen LogP contribution in [0, 0.1) is 0 Å². The second-order valence-corrected chi connectivity index (χ2v) is 16.1. The molecule has 0 unspecified atom stereocenters. The number of aromatic nitrogens is 2. The number of hydrogen-bond donors (Lipinski definition) is 1. The van der Waals surface area contributed by atoms with Crippen LogP contribution in [0.1, 0.15) is 52.7 Å². The molecular weight excluding hydrogens is 653 g/mol. The van der Waals surface area contributed by atoms with Crippen LogP contribution in [0.3, 0.4) is 0 Å². The van der Waals surface area contributed by atoms with Crippen molar-refractivity contribution in [2.75, 3.05) is 0 Å². The third-order valence-corrected chi connectivity index (χ3v) is 10.3. The standard InChI is InChI=1S/C48H40N2O3/c1-47(2,3)32-26-38(43(51)39(27-32)48(4,5)6)46-50-42-34(17-12-18-41(42)52-46)36-23-31(40-25-30(21-22-49-40)28-13-8-7-9-14-28)24-37-35-20-19-29-15-10-11-16-33(29)44(35)53-45(36)37/h7-27,51H,1-6H3. The first-order valence-corrected chi connectivity index (χ1v) is 18.1. The first-order chi connectivity index (χ1) is 25.4. The predicted molar refractivity (Wildman–Crippen MR) is 217 cm³/mol. The molecule has 0 aliphatic carbocycles. The van der Waals surface area contributed by atoms with E-state index < -0.39 is 0 Å². The van der Waals surface area contributed by atoms with E-state index in [0.717, 1.165) is 77.3 Å². The molecule has 0 fully saturated rings. The fourth-order valence-corrected chi connectivity index (χ4v) is 7.44. The summed E-state index contributed by atoms with van der Waals surface area (Å²) in [5.74, 6) is 0.568. The third kappa shape index (κ3) is 5.55. The summed E-state index contributed by atoms with van der Waals surface area (Å²) in [5.41, 5.74) is 10.8. The van der Waals surface area contributed by atoms with Gasteiger partial charge in [0.05, 0.1) is 11.3 Å². The molecule has 0 saturated heterocycles. The Labute approximate surface area is 308 Å². The minimum atomic E-state index is -0.291. The van der Waals surface area contributed by atoms with Gasteiger partial charge < -0.3 is 13.9 Å². The van der Waals surface area contributed by atoms with Gasteiger partial charge in [-0.15, -0.1) is 0 Å². The van der Waals surface area contributed by atoms with E-state index in [-0.39, 0.29) is 16.6 Å². The Balaban J connectivity index is 1.31. The topological polar surface area (TPSA) is 72.3 Å². The first-order valence-electron chi connectivity index (χ1n) is 18.1. The Hall–Kier alpha value is -6.20. The molecule has 0 bridgehead atoms. The molecule has 5 heteroatoms. The van der Waals surface area contributed by atoms with E-state index in [1.165, 1.54) is 0 Å². The molecule has 9 rings (SSSR count). The summed E-state index contributed by atoms with van der Waals surface area (Å²) in [5, 5.41) is 15.9. The number of para-hydroxylation sites is 1. The lowest BCUT2D eigenvalue weighted by atomic mass is 9.79. The quantitative estimate of drug-likeness (QED) is 0.199. The van der Waals surface area contributed by atoms with Crippen molar-refractivity contribution < 1.29 is 13.9 Å². The maximum atomic E-state index is 11.7. The maximum Gasteiger partial charge on any atom is 0.231 e. The number of nitrogens with zero attached hydrogens (tertiary/aromatic N) is 2. The molecule has 0 atom stereocenters. The molecule has 6 aromatic carbocycles. The van der Waals surface area contributed by atoms with Crippen molar-refractivity contribution >= 4 is 43.8 Å². The summed E-state index contributed by atoms with van der Waals surface area (Å²) >= 11 is 0. The van der Waals surface area contributed by atoms with Crippen LogP contribution in [0.15, 0.2) is 136 Å². The molecule has 3 aromatic heterocycles. The number of aromatic hydroxyl groups is 1. The molecular formula is C48H40N2O3. The van der Waals surface area contributed by atoms with Gasteiger partial charge in [0.1, 0.15) is 22.4 Å². The molecule has 1 N–H and O–H groups in total. The smallest absolute Gasteiger partial charge is 0.231 e.